The van der Waals surface area contributed by atoms with E-state index in [1.165, 1.54) is 38.2 Å². The van der Waals surface area contributed by atoms with Crippen LogP contribution in [-0.2, 0) is 24.3 Å². The predicted molar refractivity (Wildman–Crippen MR) is 107 cm³/mol. The third kappa shape index (κ3) is 6.33. The van der Waals surface area contributed by atoms with Crippen LogP contribution in [0.4, 0.5) is 5.69 Å². The van der Waals surface area contributed by atoms with Gasteiger partial charge in [-0.25, -0.2) is 8.42 Å². The van der Waals surface area contributed by atoms with Gasteiger partial charge in [0.15, 0.2) is 0 Å². The molecule has 0 bridgehead atoms. The molecular weight excluding hydrogens is 380 g/mol. The Morgan fingerprint density at radius 2 is 1.71 bits per heavy atom. The average molecular weight is 402 g/mol. The standard InChI is InChI=1S/C20H22N2O5S/c1-16(23)21-18-10-12-19(13-11-18)28(25,26)22(2)15-20(24)27-14-6-9-17-7-4-3-5-8-17/h3-13H,14-15H2,1-2H3,(H,21,23)/b9-6+. The zero-order valence-corrected chi connectivity index (χ0v) is 16.5. The van der Waals surface area contributed by atoms with Crippen molar-refractivity contribution >= 4 is 33.7 Å². The Morgan fingerprint density at radius 3 is 2.32 bits per heavy atom. The Morgan fingerprint density at radius 1 is 1.07 bits per heavy atom. The summed E-state index contributed by atoms with van der Waals surface area (Å²) in [6.45, 7) is 1.00. The fraction of sp³-hybridized carbons (Fsp3) is 0.200. The van der Waals surface area contributed by atoms with E-state index >= 15 is 0 Å². The quantitative estimate of drug-likeness (QED) is 0.685. The highest BCUT2D eigenvalue weighted by Gasteiger charge is 2.23. The van der Waals surface area contributed by atoms with Crippen molar-refractivity contribution in [3.63, 3.8) is 0 Å². The van der Waals surface area contributed by atoms with Crippen LogP contribution in [0.5, 0.6) is 0 Å². The number of nitrogens with zero attached hydrogens (tertiary/aromatic N) is 1. The van der Waals surface area contributed by atoms with E-state index in [4.69, 9.17) is 4.74 Å². The summed E-state index contributed by atoms with van der Waals surface area (Å²) >= 11 is 0. The van der Waals surface area contributed by atoms with Gasteiger partial charge < -0.3 is 10.1 Å². The van der Waals surface area contributed by atoms with Crippen LogP contribution in [0.25, 0.3) is 6.08 Å². The third-order valence-corrected chi connectivity index (χ3v) is 5.50. The number of hydrogen-bond acceptors (Lipinski definition) is 5. The first-order chi connectivity index (χ1) is 13.3. The minimum absolute atomic E-state index is 0.0147. The molecule has 0 unspecified atom stereocenters. The molecule has 0 aliphatic carbocycles. The second-order valence-corrected chi connectivity index (χ2v) is 8.01. The van der Waals surface area contributed by atoms with Crippen molar-refractivity contribution in [2.45, 2.75) is 11.8 Å². The van der Waals surface area contributed by atoms with Crippen LogP contribution in [0.15, 0.2) is 65.6 Å². The van der Waals surface area contributed by atoms with Crippen molar-refractivity contribution in [1.82, 2.24) is 4.31 Å². The summed E-state index contributed by atoms with van der Waals surface area (Å²) in [7, 11) is -2.55. The van der Waals surface area contributed by atoms with Crippen LogP contribution in [-0.4, -0.2) is 44.8 Å². The predicted octanol–water partition coefficient (Wildman–Crippen LogP) is 2.52. The van der Waals surface area contributed by atoms with Gasteiger partial charge >= 0.3 is 5.97 Å². The number of nitrogens with one attached hydrogen (secondary N) is 1. The molecule has 28 heavy (non-hydrogen) atoms. The van der Waals surface area contributed by atoms with E-state index in [9.17, 15) is 18.0 Å². The van der Waals surface area contributed by atoms with Crippen molar-refractivity contribution in [2.75, 3.05) is 25.5 Å². The largest absolute Gasteiger partial charge is 0.460 e. The maximum atomic E-state index is 12.5. The number of amides is 1. The molecule has 2 aromatic carbocycles. The molecule has 2 aromatic rings. The minimum atomic E-state index is -3.85. The summed E-state index contributed by atoms with van der Waals surface area (Å²) in [5.41, 5.74) is 1.46. The Bertz CT molecular complexity index is 938. The molecule has 0 heterocycles. The minimum Gasteiger partial charge on any atom is -0.460 e. The van der Waals surface area contributed by atoms with Gasteiger partial charge in [0.1, 0.15) is 13.2 Å². The lowest BCUT2D eigenvalue weighted by atomic mass is 10.2. The number of sulfonamides is 1. The first-order valence-electron chi connectivity index (χ1n) is 8.50. The van der Waals surface area contributed by atoms with E-state index < -0.39 is 22.5 Å². The van der Waals surface area contributed by atoms with Crippen LogP contribution in [0.1, 0.15) is 12.5 Å². The molecule has 0 saturated heterocycles. The van der Waals surface area contributed by atoms with Gasteiger partial charge in [-0.15, -0.1) is 0 Å². The molecule has 0 fully saturated rings. The van der Waals surface area contributed by atoms with Crippen LogP contribution in [0.3, 0.4) is 0 Å². The molecule has 2 rings (SSSR count). The van der Waals surface area contributed by atoms with Crippen LogP contribution >= 0.6 is 0 Å². The maximum absolute atomic E-state index is 12.5. The Labute approximate surface area is 164 Å². The van der Waals surface area contributed by atoms with Crippen molar-refractivity contribution in [1.29, 1.82) is 0 Å². The molecule has 7 nitrogen and oxygen atoms in total. The molecule has 0 radical (unpaired) electrons. The molecular formula is C20H22N2O5S. The van der Waals surface area contributed by atoms with Crippen molar-refractivity contribution in [2.24, 2.45) is 0 Å². The van der Waals surface area contributed by atoms with Gasteiger partial charge in [-0.1, -0.05) is 36.4 Å². The van der Waals surface area contributed by atoms with Crippen molar-refractivity contribution in [3.8, 4) is 0 Å². The lowest BCUT2D eigenvalue weighted by molar-refractivity contribution is -0.142. The second-order valence-electron chi connectivity index (χ2n) is 5.96. The van der Waals surface area contributed by atoms with Gasteiger partial charge in [-0.2, -0.15) is 4.31 Å². The molecule has 0 atom stereocenters. The maximum Gasteiger partial charge on any atom is 0.321 e. The average Bonchev–Trinajstić information content (AvgIpc) is 2.66. The topological polar surface area (TPSA) is 92.8 Å². The van der Waals surface area contributed by atoms with E-state index in [0.29, 0.717) is 5.69 Å². The number of likely N-dealkylation sites (N-methyl/N-ethyl adjacent to an activating group) is 1. The van der Waals surface area contributed by atoms with Gasteiger partial charge in [0.05, 0.1) is 4.90 Å². The van der Waals surface area contributed by atoms with E-state index in [2.05, 4.69) is 5.32 Å². The number of rotatable bonds is 8. The van der Waals surface area contributed by atoms with Gasteiger partial charge in [-0.3, -0.25) is 9.59 Å². The normalized spacial score (nSPS) is 11.5. The number of hydrogen-bond donors (Lipinski definition) is 1. The second kappa shape index (κ2) is 9.82. The highest BCUT2D eigenvalue weighted by molar-refractivity contribution is 7.89. The molecule has 8 heteroatoms. The van der Waals surface area contributed by atoms with E-state index in [-0.39, 0.29) is 17.4 Å². The van der Waals surface area contributed by atoms with Gasteiger partial charge in [0.2, 0.25) is 15.9 Å². The highest BCUT2D eigenvalue weighted by atomic mass is 32.2. The molecule has 0 aromatic heterocycles. The molecule has 0 aliphatic heterocycles. The summed E-state index contributed by atoms with van der Waals surface area (Å²) in [5, 5.41) is 2.56. The van der Waals surface area contributed by atoms with Crippen LogP contribution in [0, 0.1) is 0 Å². The zero-order chi connectivity index (χ0) is 20.6. The van der Waals surface area contributed by atoms with E-state index in [0.717, 1.165) is 9.87 Å². The van der Waals surface area contributed by atoms with Crippen LogP contribution in [0.2, 0.25) is 0 Å². The summed E-state index contributed by atoms with van der Waals surface area (Å²) in [6, 6.07) is 15.2. The summed E-state index contributed by atoms with van der Waals surface area (Å²) in [5.74, 6) is -0.907. The van der Waals surface area contributed by atoms with E-state index in [1.807, 2.05) is 36.4 Å². The van der Waals surface area contributed by atoms with Crippen molar-refractivity contribution < 1.29 is 22.7 Å². The Kier molecular flexibility index (Phi) is 7.48. The summed E-state index contributed by atoms with van der Waals surface area (Å²) < 4.78 is 31.0. The van der Waals surface area contributed by atoms with E-state index in [1.54, 1.807) is 6.08 Å². The zero-order valence-electron chi connectivity index (χ0n) is 15.7. The molecule has 1 N–H and O–H groups in total. The fourth-order valence-corrected chi connectivity index (χ4v) is 3.41. The number of carbonyl (C=O) groups excluding carboxylic acids is 2. The number of anilines is 1. The van der Waals surface area contributed by atoms with Crippen molar-refractivity contribution in [3.05, 3.63) is 66.2 Å². The first-order valence-corrected chi connectivity index (χ1v) is 9.94. The molecule has 1 amide bonds. The smallest absolute Gasteiger partial charge is 0.321 e. The van der Waals surface area contributed by atoms with Gasteiger partial charge in [0.25, 0.3) is 0 Å². The first kappa shape index (κ1) is 21.3. The summed E-state index contributed by atoms with van der Waals surface area (Å²) in [4.78, 5) is 22.9. The SMILES string of the molecule is CC(=O)Nc1ccc(S(=O)(=O)N(C)CC(=O)OC/C=C/c2ccccc2)cc1. The lowest BCUT2D eigenvalue weighted by Crippen LogP contribution is -2.33. The molecule has 0 spiro atoms. The van der Waals surface area contributed by atoms with Gasteiger partial charge in [-0.05, 0) is 35.9 Å². The molecule has 0 aliphatic rings. The Hall–Kier alpha value is -2.97. The lowest BCUT2D eigenvalue weighted by Gasteiger charge is -2.16. The Balaban J connectivity index is 1.89. The van der Waals surface area contributed by atoms with Crippen LogP contribution < -0.4 is 5.32 Å². The summed E-state index contributed by atoms with van der Waals surface area (Å²) in [6.07, 6.45) is 3.49. The monoisotopic (exact) mass is 402 g/mol. The number of esters is 1. The molecule has 148 valence electrons. The fourth-order valence-electron chi connectivity index (χ4n) is 2.30. The molecule has 0 saturated carbocycles. The number of carbonyl (C=O) groups is 2. The van der Waals surface area contributed by atoms with Gasteiger partial charge in [0, 0.05) is 19.7 Å². The number of benzene rings is 2. The third-order valence-electron chi connectivity index (χ3n) is 3.69. The number of ether oxygens (including phenoxy) is 1. The highest BCUT2D eigenvalue weighted by Crippen LogP contribution is 2.17.